The molecule has 0 radical (unpaired) electrons. The van der Waals surface area contributed by atoms with Gasteiger partial charge in [-0.15, -0.1) is 11.6 Å². The average Bonchev–Trinajstić information content (AvgIpc) is 2.27. The van der Waals surface area contributed by atoms with Crippen LogP contribution in [0, 0.1) is 5.92 Å². The Morgan fingerprint density at radius 2 is 1.73 bits per heavy atom. The first-order valence-corrected chi connectivity index (χ1v) is 6.52. The van der Waals surface area contributed by atoms with Crippen molar-refractivity contribution in [3.8, 4) is 0 Å². The molecule has 1 unspecified atom stereocenters. The van der Waals surface area contributed by atoms with Gasteiger partial charge >= 0.3 is 0 Å². The van der Waals surface area contributed by atoms with E-state index in [0.29, 0.717) is 18.5 Å². The average molecular weight is 234 g/mol. The van der Waals surface area contributed by atoms with Crippen LogP contribution in [-0.2, 0) is 4.79 Å². The van der Waals surface area contributed by atoms with Crippen LogP contribution in [0.3, 0.4) is 0 Å². The van der Waals surface area contributed by atoms with Crippen molar-refractivity contribution in [1.29, 1.82) is 0 Å². The molecule has 0 aromatic rings. The molecular weight excluding hydrogens is 210 g/mol. The molecular formula is C12H24ClNO. The van der Waals surface area contributed by atoms with Crippen LogP contribution in [0.5, 0.6) is 0 Å². The fourth-order valence-corrected chi connectivity index (χ4v) is 1.93. The van der Waals surface area contributed by atoms with E-state index >= 15 is 0 Å². The summed E-state index contributed by atoms with van der Waals surface area (Å²) < 4.78 is 0. The van der Waals surface area contributed by atoms with Gasteiger partial charge in [0, 0.05) is 24.4 Å². The fourth-order valence-electron chi connectivity index (χ4n) is 1.75. The van der Waals surface area contributed by atoms with E-state index in [-0.39, 0.29) is 11.8 Å². The highest BCUT2D eigenvalue weighted by molar-refractivity contribution is 6.18. The summed E-state index contributed by atoms with van der Waals surface area (Å²) in [4.78, 5) is 14.1. The second-order valence-electron chi connectivity index (χ2n) is 4.00. The molecule has 0 saturated carbocycles. The van der Waals surface area contributed by atoms with Gasteiger partial charge in [0.1, 0.15) is 0 Å². The van der Waals surface area contributed by atoms with Crippen LogP contribution < -0.4 is 0 Å². The minimum atomic E-state index is 0.119. The van der Waals surface area contributed by atoms with E-state index in [0.717, 1.165) is 19.3 Å². The standard InChI is InChI=1S/C12H24ClNO/c1-5-10(4)12(15)14(9-8-13)11(6-2)7-3/h10-11H,5-9H2,1-4H3. The third-order valence-corrected chi connectivity index (χ3v) is 3.19. The van der Waals surface area contributed by atoms with Gasteiger partial charge in [0.2, 0.25) is 5.91 Å². The molecule has 0 N–H and O–H groups in total. The van der Waals surface area contributed by atoms with Crippen molar-refractivity contribution in [2.24, 2.45) is 5.92 Å². The van der Waals surface area contributed by atoms with Crippen molar-refractivity contribution in [3.05, 3.63) is 0 Å². The zero-order valence-corrected chi connectivity index (χ0v) is 11.2. The highest BCUT2D eigenvalue weighted by atomic mass is 35.5. The Morgan fingerprint density at radius 3 is 2.07 bits per heavy atom. The summed E-state index contributed by atoms with van der Waals surface area (Å²) in [5.74, 6) is 0.902. The molecule has 0 fully saturated rings. The third kappa shape index (κ3) is 4.42. The highest BCUT2D eigenvalue weighted by Gasteiger charge is 2.23. The van der Waals surface area contributed by atoms with Gasteiger partial charge in [-0.3, -0.25) is 4.79 Å². The number of rotatable bonds is 7. The van der Waals surface area contributed by atoms with Gasteiger partial charge in [0.05, 0.1) is 0 Å². The zero-order chi connectivity index (χ0) is 11.8. The van der Waals surface area contributed by atoms with Crippen LogP contribution in [0.25, 0.3) is 0 Å². The minimum absolute atomic E-state index is 0.119. The van der Waals surface area contributed by atoms with E-state index in [1.165, 1.54) is 0 Å². The van der Waals surface area contributed by atoms with Gasteiger partial charge in [0.25, 0.3) is 0 Å². The first kappa shape index (κ1) is 14.8. The van der Waals surface area contributed by atoms with Crippen molar-refractivity contribution >= 4 is 17.5 Å². The van der Waals surface area contributed by atoms with Crippen molar-refractivity contribution in [1.82, 2.24) is 4.90 Å². The van der Waals surface area contributed by atoms with E-state index in [9.17, 15) is 4.79 Å². The van der Waals surface area contributed by atoms with Crippen molar-refractivity contribution in [2.75, 3.05) is 12.4 Å². The van der Waals surface area contributed by atoms with Crippen molar-refractivity contribution in [3.63, 3.8) is 0 Å². The number of carbonyl (C=O) groups is 1. The number of hydrogen-bond acceptors (Lipinski definition) is 1. The molecule has 0 aliphatic carbocycles. The number of amides is 1. The number of hydrogen-bond donors (Lipinski definition) is 0. The Morgan fingerprint density at radius 1 is 1.20 bits per heavy atom. The molecule has 0 saturated heterocycles. The predicted molar refractivity (Wildman–Crippen MR) is 66.3 cm³/mol. The number of alkyl halides is 1. The molecule has 0 aromatic heterocycles. The van der Waals surface area contributed by atoms with Gasteiger partial charge in [0.15, 0.2) is 0 Å². The smallest absolute Gasteiger partial charge is 0.225 e. The fraction of sp³-hybridized carbons (Fsp3) is 0.917. The van der Waals surface area contributed by atoms with Gasteiger partial charge < -0.3 is 4.90 Å². The third-order valence-electron chi connectivity index (χ3n) is 3.03. The van der Waals surface area contributed by atoms with Crippen LogP contribution in [0.1, 0.15) is 47.0 Å². The molecule has 1 atom stereocenters. The normalized spacial score (nSPS) is 12.9. The second kappa shape index (κ2) is 7.98. The van der Waals surface area contributed by atoms with Crippen LogP contribution in [-0.4, -0.2) is 29.3 Å². The molecule has 0 aromatic carbocycles. The SMILES string of the molecule is CCC(C)C(=O)N(CCCl)C(CC)CC. The number of halogens is 1. The van der Waals surface area contributed by atoms with Crippen LogP contribution >= 0.6 is 11.6 Å². The Balaban J connectivity index is 4.55. The minimum Gasteiger partial charge on any atom is -0.338 e. The highest BCUT2D eigenvalue weighted by Crippen LogP contribution is 2.14. The Labute approximate surface area is 99.0 Å². The van der Waals surface area contributed by atoms with Gasteiger partial charge in [-0.1, -0.05) is 27.7 Å². The molecule has 0 heterocycles. The van der Waals surface area contributed by atoms with Crippen molar-refractivity contribution in [2.45, 2.75) is 53.0 Å². The first-order valence-electron chi connectivity index (χ1n) is 5.98. The summed E-state index contributed by atoms with van der Waals surface area (Å²) in [5.41, 5.74) is 0. The molecule has 1 amide bonds. The second-order valence-corrected chi connectivity index (χ2v) is 4.38. The van der Waals surface area contributed by atoms with Crippen LogP contribution in [0.15, 0.2) is 0 Å². The maximum absolute atomic E-state index is 12.1. The lowest BCUT2D eigenvalue weighted by Crippen LogP contribution is -2.43. The quantitative estimate of drug-likeness (QED) is 0.618. The van der Waals surface area contributed by atoms with Gasteiger partial charge in [-0.25, -0.2) is 0 Å². The molecule has 3 heteroatoms. The zero-order valence-electron chi connectivity index (χ0n) is 10.4. The summed E-state index contributed by atoms with van der Waals surface area (Å²) in [6.45, 7) is 8.97. The van der Waals surface area contributed by atoms with Gasteiger partial charge in [-0.05, 0) is 19.3 Å². The topological polar surface area (TPSA) is 20.3 Å². The predicted octanol–water partition coefficient (Wildman–Crippen LogP) is 3.29. The van der Waals surface area contributed by atoms with E-state index < -0.39 is 0 Å². The molecule has 2 nitrogen and oxygen atoms in total. The van der Waals surface area contributed by atoms with Crippen LogP contribution in [0.2, 0.25) is 0 Å². The maximum Gasteiger partial charge on any atom is 0.225 e. The molecule has 0 rings (SSSR count). The number of carbonyl (C=O) groups excluding carboxylic acids is 1. The Bertz CT molecular complexity index is 180. The molecule has 90 valence electrons. The summed E-state index contributed by atoms with van der Waals surface area (Å²) >= 11 is 5.75. The summed E-state index contributed by atoms with van der Waals surface area (Å²) in [7, 11) is 0. The molecule has 0 aliphatic heterocycles. The maximum atomic E-state index is 12.1. The lowest BCUT2D eigenvalue weighted by molar-refractivity contribution is -0.137. The summed E-state index contributed by atoms with van der Waals surface area (Å²) in [6, 6.07) is 0.352. The molecule has 0 spiro atoms. The van der Waals surface area contributed by atoms with Gasteiger partial charge in [-0.2, -0.15) is 0 Å². The monoisotopic (exact) mass is 233 g/mol. The van der Waals surface area contributed by atoms with E-state index in [2.05, 4.69) is 13.8 Å². The Hall–Kier alpha value is -0.240. The lowest BCUT2D eigenvalue weighted by Gasteiger charge is -2.32. The largest absolute Gasteiger partial charge is 0.338 e. The molecule has 15 heavy (non-hydrogen) atoms. The summed E-state index contributed by atoms with van der Waals surface area (Å²) in [5, 5.41) is 0. The first-order chi connectivity index (χ1) is 7.12. The van der Waals surface area contributed by atoms with Crippen LogP contribution in [0.4, 0.5) is 0 Å². The lowest BCUT2D eigenvalue weighted by atomic mass is 10.0. The van der Waals surface area contributed by atoms with Crippen molar-refractivity contribution < 1.29 is 4.79 Å². The van der Waals surface area contributed by atoms with E-state index in [4.69, 9.17) is 11.6 Å². The number of nitrogens with zero attached hydrogens (tertiary/aromatic N) is 1. The molecule has 0 aliphatic rings. The van der Waals surface area contributed by atoms with E-state index in [1.807, 2.05) is 18.7 Å². The molecule has 0 bridgehead atoms. The summed E-state index contributed by atoms with van der Waals surface area (Å²) in [6.07, 6.45) is 2.92. The van der Waals surface area contributed by atoms with E-state index in [1.54, 1.807) is 0 Å². The Kier molecular flexibility index (Phi) is 7.85.